The fourth-order valence-electron chi connectivity index (χ4n) is 1.58. The molecule has 0 saturated heterocycles. The Morgan fingerprint density at radius 2 is 1.24 bits per heavy atom. The summed E-state index contributed by atoms with van der Waals surface area (Å²) in [4.78, 5) is 33.3. The molecule has 1 N–H and O–H groups in total. The van der Waals surface area contributed by atoms with Crippen molar-refractivity contribution in [2.75, 3.05) is 39.7 Å². The molecule has 11 heteroatoms. The van der Waals surface area contributed by atoms with Crippen LogP contribution in [0.15, 0.2) is 0 Å². The second-order valence-electron chi connectivity index (χ2n) is 6.06. The second-order valence-corrected chi connectivity index (χ2v) is 8.07. The number of hydrogen-bond donors (Lipinski definition) is 1. The van der Waals surface area contributed by atoms with Gasteiger partial charge in [0.05, 0.1) is 44.9 Å². The first kappa shape index (κ1) is 29.7. The van der Waals surface area contributed by atoms with E-state index in [9.17, 15) is 18.9 Å². The first-order valence-electron chi connectivity index (χ1n) is 9.46. The molecule has 0 aromatic rings. The monoisotopic (exact) mass is 442 g/mol. The van der Waals surface area contributed by atoms with Crippen molar-refractivity contribution in [2.45, 2.75) is 47.6 Å². The molecule has 0 rings (SSSR count). The highest BCUT2D eigenvalue weighted by molar-refractivity contribution is 7.53. The molecule has 0 aliphatic carbocycles. The minimum atomic E-state index is -3.45. The molecule has 4 unspecified atom stereocenters. The number of rotatable bonds is 12. The maximum atomic E-state index is 12.0. The van der Waals surface area contributed by atoms with E-state index in [4.69, 9.17) is 23.6 Å². The van der Waals surface area contributed by atoms with Crippen molar-refractivity contribution < 1.29 is 47.3 Å². The molecule has 0 amide bonds. The fraction of sp³-hybridized carbons (Fsp3) is 0.833. The third-order valence-corrected chi connectivity index (χ3v) is 4.50. The molecule has 0 heterocycles. The van der Waals surface area contributed by atoms with E-state index < -0.39 is 31.6 Å². The lowest BCUT2D eigenvalue weighted by molar-refractivity contribution is -0.152. The van der Waals surface area contributed by atoms with Gasteiger partial charge in [0.2, 0.25) is 0 Å². The van der Waals surface area contributed by atoms with Crippen molar-refractivity contribution in [1.82, 2.24) is 0 Å². The van der Waals surface area contributed by atoms with Gasteiger partial charge in [-0.15, -0.1) is 0 Å². The van der Waals surface area contributed by atoms with Gasteiger partial charge in [0.15, 0.2) is 6.10 Å². The SMILES string of the molecule is CCOC(=O)C(C)CO.CCOC(=O)C(C)COP(C)(=O)OC(C)C(=O)OCC. The molecular weight excluding hydrogens is 407 g/mol. The maximum absolute atomic E-state index is 12.0. The van der Waals surface area contributed by atoms with Crippen molar-refractivity contribution in [3.63, 3.8) is 0 Å². The second kappa shape index (κ2) is 16.3. The lowest BCUT2D eigenvalue weighted by Crippen LogP contribution is -2.24. The number of aliphatic hydroxyl groups excluding tert-OH is 1. The van der Waals surface area contributed by atoms with Crippen molar-refractivity contribution in [2.24, 2.45) is 11.8 Å². The Kier molecular flexibility index (Phi) is 16.7. The van der Waals surface area contributed by atoms with Crippen LogP contribution in [0.1, 0.15) is 41.5 Å². The number of carbonyl (C=O) groups excluding carboxylic acids is 3. The summed E-state index contributed by atoms with van der Waals surface area (Å²) < 4.78 is 36.3. The maximum Gasteiger partial charge on any atom is 0.335 e. The highest BCUT2D eigenvalue weighted by Gasteiger charge is 2.27. The fourth-order valence-corrected chi connectivity index (χ4v) is 2.79. The van der Waals surface area contributed by atoms with Gasteiger partial charge in [0.1, 0.15) is 0 Å². The summed E-state index contributed by atoms with van der Waals surface area (Å²) in [6.45, 7) is 11.6. The highest BCUT2D eigenvalue weighted by Crippen LogP contribution is 2.45. The van der Waals surface area contributed by atoms with Gasteiger partial charge < -0.3 is 23.8 Å². The van der Waals surface area contributed by atoms with E-state index in [2.05, 4.69) is 4.74 Å². The molecule has 0 saturated carbocycles. The normalized spacial score (nSPS) is 15.6. The molecule has 29 heavy (non-hydrogen) atoms. The van der Waals surface area contributed by atoms with Gasteiger partial charge in [-0.25, -0.2) is 4.79 Å². The summed E-state index contributed by atoms with van der Waals surface area (Å²) in [5, 5.41) is 8.43. The van der Waals surface area contributed by atoms with Gasteiger partial charge >= 0.3 is 25.5 Å². The van der Waals surface area contributed by atoms with Crippen LogP contribution >= 0.6 is 7.60 Å². The molecule has 0 aliphatic heterocycles. The van der Waals surface area contributed by atoms with Gasteiger partial charge in [-0.2, -0.15) is 0 Å². The quantitative estimate of drug-likeness (QED) is 0.272. The Balaban J connectivity index is 0. The average molecular weight is 442 g/mol. The molecule has 0 aromatic heterocycles. The molecule has 4 atom stereocenters. The van der Waals surface area contributed by atoms with E-state index in [1.54, 1.807) is 34.6 Å². The molecule has 0 aliphatic rings. The van der Waals surface area contributed by atoms with Crippen LogP contribution < -0.4 is 0 Å². The molecule has 0 fully saturated rings. The Morgan fingerprint density at radius 3 is 1.66 bits per heavy atom. The van der Waals surface area contributed by atoms with Crippen LogP contribution in [-0.2, 0) is 42.2 Å². The predicted octanol–water partition coefficient (Wildman–Crippen LogP) is 2.17. The highest BCUT2D eigenvalue weighted by atomic mass is 31.2. The van der Waals surface area contributed by atoms with E-state index in [-0.39, 0.29) is 38.3 Å². The van der Waals surface area contributed by atoms with Gasteiger partial charge in [0, 0.05) is 6.66 Å². The zero-order chi connectivity index (χ0) is 23.0. The Morgan fingerprint density at radius 1 is 0.828 bits per heavy atom. The lowest BCUT2D eigenvalue weighted by Gasteiger charge is -2.19. The Hall–Kier alpha value is -1.48. The van der Waals surface area contributed by atoms with Crippen LogP contribution in [0.3, 0.4) is 0 Å². The predicted molar refractivity (Wildman–Crippen MR) is 105 cm³/mol. The summed E-state index contributed by atoms with van der Waals surface area (Å²) in [7, 11) is -3.45. The van der Waals surface area contributed by atoms with Crippen LogP contribution in [-0.4, -0.2) is 68.8 Å². The van der Waals surface area contributed by atoms with Gasteiger partial charge in [0.25, 0.3) is 0 Å². The molecular formula is C18H35O10P. The van der Waals surface area contributed by atoms with Crippen molar-refractivity contribution in [3.8, 4) is 0 Å². The van der Waals surface area contributed by atoms with Crippen LogP contribution in [0.5, 0.6) is 0 Å². The van der Waals surface area contributed by atoms with E-state index in [1.165, 1.54) is 13.6 Å². The summed E-state index contributed by atoms with van der Waals surface area (Å²) in [5.41, 5.74) is 0. The number of esters is 3. The molecule has 0 spiro atoms. The summed E-state index contributed by atoms with van der Waals surface area (Å²) in [6.07, 6.45) is -0.997. The smallest absolute Gasteiger partial charge is 0.335 e. The topological polar surface area (TPSA) is 135 Å². The molecule has 0 bridgehead atoms. The summed E-state index contributed by atoms with van der Waals surface area (Å²) in [6, 6.07) is 0. The molecule has 0 radical (unpaired) electrons. The van der Waals surface area contributed by atoms with Gasteiger partial charge in [-0.3, -0.25) is 18.7 Å². The third-order valence-electron chi connectivity index (χ3n) is 3.18. The van der Waals surface area contributed by atoms with Crippen molar-refractivity contribution in [1.29, 1.82) is 0 Å². The zero-order valence-corrected chi connectivity index (χ0v) is 19.2. The Labute approximate surface area is 172 Å². The average Bonchev–Trinajstić information content (AvgIpc) is 2.66. The third kappa shape index (κ3) is 15.1. The van der Waals surface area contributed by atoms with Crippen molar-refractivity contribution in [3.05, 3.63) is 0 Å². The number of carbonyl (C=O) groups is 3. The number of ether oxygens (including phenoxy) is 3. The molecule has 0 aromatic carbocycles. The van der Waals surface area contributed by atoms with Crippen molar-refractivity contribution >= 4 is 25.5 Å². The largest absolute Gasteiger partial charge is 0.466 e. The molecule has 172 valence electrons. The van der Waals surface area contributed by atoms with Crippen LogP contribution in [0.2, 0.25) is 0 Å². The Bertz CT molecular complexity index is 537. The summed E-state index contributed by atoms with van der Waals surface area (Å²) in [5.74, 6) is -2.34. The molecule has 10 nitrogen and oxygen atoms in total. The van der Waals surface area contributed by atoms with E-state index in [0.29, 0.717) is 6.61 Å². The number of aliphatic hydroxyl groups is 1. The first-order chi connectivity index (χ1) is 13.4. The van der Waals surface area contributed by atoms with E-state index in [1.807, 2.05) is 0 Å². The van der Waals surface area contributed by atoms with Gasteiger partial charge in [-0.1, -0.05) is 0 Å². The van der Waals surface area contributed by atoms with Gasteiger partial charge in [-0.05, 0) is 41.5 Å². The minimum Gasteiger partial charge on any atom is -0.466 e. The van der Waals surface area contributed by atoms with Crippen LogP contribution in [0.25, 0.3) is 0 Å². The summed E-state index contributed by atoms with van der Waals surface area (Å²) >= 11 is 0. The lowest BCUT2D eigenvalue weighted by atomic mass is 10.2. The van der Waals surface area contributed by atoms with E-state index >= 15 is 0 Å². The first-order valence-corrected chi connectivity index (χ1v) is 11.5. The van der Waals surface area contributed by atoms with E-state index in [0.717, 1.165) is 0 Å². The minimum absolute atomic E-state index is 0.109. The standard InChI is InChI=1S/C12H23O7P.C6H12O3/c1-6-16-11(13)9(3)8-18-20(5,15)19-10(4)12(14)17-7-2;1-3-9-6(8)5(2)4-7/h9-10H,6-8H2,1-5H3;5,7H,3-4H2,1-2H3. The van der Waals surface area contributed by atoms with Crippen LogP contribution in [0.4, 0.5) is 0 Å². The number of hydrogen-bond acceptors (Lipinski definition) is 10. The van der Waals surface area contributed by atoms with Crippen LogP contribution in [0, 0.1) is 11.8 Å². The zero-order valence-electron chi connectivity index (χ0n) is 18.3.